The van der Waals surface area contributed by atoms with Crippen LogP contribution in [-0.2, 0) is 16.4 Å². The number of halogens is 4. The lowest BCUT2D eigenvalue weighted by Crippen LogP contribution is -2.34. The Morgan fingerprint density at radius 3 is 2.38 bits per heavy atom. The predicted octanol–water partition coefficient (Wildman–Crippen LogP) is 6.21. The number of aromatic nitrogens is 3. The number of nitrogens with zero attached hydrogens (tertiary/aromatic N) is 4. The second-order valence-electron chi connectivity index (χ2n) is 9.55. The lowest BCUT2D eigenvalue weighted by Gasteiger charge is -2.20. The fraction of sp³-hybridized carbons (Fsp3) is 0.179. The number of carbonyl (C=O) groups is 2. The molecule has 198 valence electrons. The minimum atomic E-state index is -4.93. The topological polar surface area (TPSA) is 88.1 Å². The van der Waals surface area contributed by atoms with Gasteiger partial charge in [0.25, 0.3) is 5.91 Å². The van der Waals surface area contributed by atoms with E-state index >= 15 is 0 Å². The molecule has 7 nitrogen and oxygen atoms in total. The van der Waals surface area contributed by atoms with Crippen molar-refractivity contribution in [1.29, 1.82) is 0 Å². The Morgan fingerprint density at radius 1 is 1.00 bits per heavy atom. The lowest BCUT2D eigenvalue weighted by atomic mass is 9.81. The van der Waals surface area contributed by atoms with Crippen LogP contribution in [-0.4, -0.2) is 26.8 Å². The molecule has 1 aliphatic heterocycles. The molecule has 2 aromatic carbocycles. The number of rotatable bonds is 4. The van der Waals surface area contributed by atoms with Crippen LogP contribution >= 0.6 is 0 Å². The van der Waals surface area contributed by atoms with Crippen molar-refractivity contribution < 1.29 is 27.2 Å². The van der Waals surface area contributed by atoms with Gasteiger partial charge >= 0.3 is 6.18 Å². The van der Waals surface area contributed by atoms with Crippen LogP contribution in [0.1, 0.15) is 41.0 Å². The zero-order valence-corrected chi connectivity index (χ0v) is 21.0. The molecule has 11 heteroatoms. The number of amides is 2. The van der Waals surface area contributed by atoms with Crippen LogP contribution in [0.3, 0.4) is 0 Å². The van der Waals surface area contributed by atoms with E-state index in [1.807, 2.05) is 0 Å². The quantitative estimate of drug-likeness (QED) is 0.314. The number of pyridine rings is 1. The van der Waals surface area contributed by atoms with E-state index in [2.05, 4.69) is 20.3 Å². The second kappa shape index (κ2) is 9.26. The Balaban J connectivity index is 1.64. The molecule has 5 rings (SSSR count). The highest BCUT2D eigenvalue weighted by Gasteiger charge is 2.47. The number of hydrogen-bond acceptors (Lipinski definition) is 5. The normalized spacial score (nSPS) is 14.3. The summed E-state index contributed by atoms with van der Waals surface area (Å²) in [4.78, 5) is 39.9. The summed E-state index contributed by atoms with van der Waals surface area (Å²) >= 11 is 0. The molecule has 0 aliphatic carbocycles. The summed E-state index contributed by atoms with van der Waals surface area (Å²) in [6, 6.07) is 11.5. The molecule has 39 heavy (non-hydrogen) atoms. The van der Waals surface area contributed by atoms with Crippen LogP contribution in [0.4, 0.5) is 34.9 Å². The van der Waals surface area contributed by atoms with Gasteiger partial charge in [0, 0.05) is 29.8 Å². The van der Waals surface area contributed by atoms with Crippen LogP contribution in [0, 0.1) is 12.7 Å². The van der Waals surface area contributed by atoms with Gasteiger partial charge in [0.05, 0.1) is 16.7 Å². The van der Waals surface area contributed by atoms with Gasteiger partial charge in [0.1, 0.15) is 5.82 Å². The van der Waals surface area contributed by atoms with E-state index in [0.29, 0.717) is 22.4 Å². The van der Waals surface area contributed by atoms with Gasteiger partial charge in [-0.3, -0.25) is 14.6 Å². The molecular weight excluding hydrogens is 514 g/mol. The molecule has 0 saturated heterocycles. The van der Waals surface area contributed by atoms with Crippen LogP contribution in [0.2, 0.25) is 0 Å². The van der Waals surface area contributed by atoms with Gasteiger partial charge in [-0.05, 0) is 67.8 Å². The smallest absolute Gasteiger partial charge is 0.322 e. The zero-order chi connectivity index (χ0) is 28.1. The third-order valence-electron chi connectivity index (χ3n) is 6.54. The van der Waals surface area contributed by atoms with Crippen LogP contribution in [0.5, 0.6) is 0 Å². The van der Waals surface area contributed by atoms with Gasteiger partial charge in [-0.2, -0.15) is 13.2 Å². The first-order valence-electron chi connectivity index (χ1n) is 11.8. The Kier molecular flexibility index (Phi) is 6.16. The molecule has 0 radical (unpaired) electrons. The molecule has 0 atom stereocenters. The summed E-state index contributed by atoms with van der Waals surface area (Å²) in [6.07, 6.45) is -0.924. The molecule has 1 aliphatic rings. The highest BCUT2D eigenvalue weighted by Crippen LogP contribution is 2.49. The summed E-state index contributed by atoms with van der Waals surface area (Å²) in [5.74, 6) is -1.89. The highest BCUT2D eigenvalue weighted by atomic mass is 19.4. The minimum absolute atomic E-state index is 0.00698. The molecule has 0 spiro atoms. The molecule has 0 bridgehead atoms. The van der Waals surface area contributed by atoms with Crippen LogP contribution in [0.15, 0.2) is 67.1 Å². The van der Waals surface area contributed by atoms with Crippen molar-refractivity contribution >= 4 is 29.1 Å². The zero-order valence-electron chi connectivity index (χ0n) is 21.0. The van der Waals surface area contributed by atoms with E-state index in [0.717, 1.165) is 18.3 Å². The summed E-state index contributed by atoms with van der Waals surface area (Å²) in [6.45, 7) is 4.90. The maximum absolute atomic E-state index is 14.0. The first-order valence-corrected chi connectivity index (χ1v) is 11.8. The number of anilines is 3. The molecule has 4 aromatic rings. The number of aryl methyl sites for hydroxylation is 1. The van der Waals surface area contributed by atoms with Gasteiger partial charge in [0.15, 0.2) is 5.69 Å². The van der Waals surface area contributed by atoms with Gasteiger partial charge in [-0.25, -0.2) is 19.3 Å². The largest absolute Gasteiger partial charge is 0.434 e. The maximum Gasteiger partial charge on any atom is 0.434 e. The predicted molar refractivity (Wildman–Crippen MR) is 136 cm³/mol. The molecule has 0 unspecified atom stereocenters. The lowest BCUT2D eigenvalue weighted by molar-refractivity contribution is -0.141. The molecule has 3 heterocycles. The van der Waals surface area contributed by atoms with Crippen molar-refractivity contribution in [3.05, 3.63) is 95.3 Å². The van der Waals surface area contributed by atoms with E-state index in [4.69, 9.17) is 0 Å². The second-order valence-corrected chi connectivity index (χ2v) is 9.55. The standard InChI is InChI=1S/C28H21F4N5O2/c1-15-8-9-17(13-20(15)29)36-24(38)19-12-16(14-35-23(19)28(30,31)32)18-6-4-7-21-22(18)27(2,3)25(39)37(21)26-33-10-5-11-34-26/h4-14H,1-3H3,(H,36,38). The van der Waals surface area contributed by atoms with Crippen molar-refractivity contribution in [3.63, 3.8) is 0 Å². The van der Waals surface area contributed by atoms with Gasteiger partial charge in [-0.15, -0.1) is 0 Å². The Labute approximate surface area is 220 Å². The molecule has 0 saturated carbocycles. The number of alkyl halides is 3. The average molecular weight is 536 g/mol. The fourth-order valence-corrected chi connectivity index (χ4v) is 4.61. The number of nitrogens with one attached hydrogen (secondary N) is 1. The van der Waals surface area contributed by atoms with Crippen LogP contribution in [0.25, 0.3) is 11.1 Å². The third-order valence-corrected chi connectivity index (χ3v) is 6.54. The van der Waals surface area contributed by atoms with Crippen molar-refractivity contribution in [2.24, 2.45) is 0 Å². The molecule has 0 fully saturated rings. The first kappa shape index (κ1) is 26.0. The summed E-state index contributed by atoms with van der Waals surface area (Å²) < 4.78 is 55.6. The molecular formula is C28H21F4N5O2. The molecule has 2 amide bonds. The first-order chi connectivity index (χ1) is 18.4. The Morgan fingerprint density at radius 2 is 1.72 bits per heavy atom. The van der Waals surface area contributed by atoms with E-state index in [1.165, 1.54) is 36.4 Å². The van der Waals surface area contributed by atoms with Crippen molar-refractivity contribution in [2.45, 2.75) is 32.4 Å². The minimum Gasteiger partial charge on any atom is -0.322 e. The summed E-state index contributed by atoms with van der Waals surface area (Å²) in [5, 5.41) is 2.32. The molecule has 1 N–H and O–H groups in total. The number of hydrogen-bond donors (Lipinski definition) is 1. The monoisotopic (exact) mass is 535 g/mol. The van der Waals surface area contributed by atoms with Gasteiger partial charge in [0.2, 0.25) is 11.9 Å². The van der Waals surface area contributed by atoms with E-state index in [1.54, 1.807) is 38.1 Å². The highest BCUT2D eigenvalue weighted by molar-refractivity contribution is 6.13. The van der Waals surface area contributed by atoms with E-state index in [-0.39, 0.29) is 23.1 Å². The SMILES string of the molecule is Cc1ccc(NC(=O)c2cc(-c3cccc4c3C(C)(C)C(=O)N4c3ncccn3)cnc2C(F)(F)F)cc1F. The number of fused-ring (bicyclic) bond motifs is 1. The van der Waals surface area contributed by atoms with Crippen LogP contribution < -0.4 is 10.2 Å². The Bertz CT molecular complexity index is 1620. The van der Waals surface area contributed by atoms with Gasteiger partial charge < -0.3 is 5.32 Å². The maximum atomic E-state index is 14.0. The average Bonchev–Trinajstić information content (AvgIpc) is 3.11. The van der Waals surface area contributed by atoms with Gasteiger partial charge in [-0.1, -0.05) is 18.2 Å². The fourth-order valence-electron chi connectivity index (χ4n) is 4.61. The van der Waals surface area contributed by atoms with Crippen molar-refractivity contribution in [3.8, 4) is 11.1 Å². The summed E-state index contributed by atoms with van der Waals surface area (Å²) in [5.41, 5.74) is -1.33. The Hall–Kier alpha value is -4.67. The van der Waals surface area contributed by atoms with Crippen molar-refractivity contribution in [1.82, 2.24) is 15.0 Å². The van der Waals surface area contributed by atoms with Crippen molar-refractivity contribution in [2.75, 3.05) is 10.2 Å². The number of carbonyl (C=O) groups excluding carboxylic acids is 2. The van der Waals surface area contributed by atoms with E-state index in [9.17, 15) is 27.2 Å². The summed E-state index contributed by atoms with van der Waals surface area (Å²) in [7, 11) is 0. The number of benzene rings is 2. The third kappa shape index (κ3) is 4.49. The van der Waals surface area contributed by atoms with E-state index < -0.39 is 34.6 Å². The molecule has 2 aromatic heterocycles.